The summed E-state index contributed by atoms with van der Waals surface area (Å²) in [5.74, 6) is 0.0820. The summed E-state index contributed by atoms with van der Waals surface area (Å²) >= 11 is 0. The lowest BCUT2D eigenvalue weighted by Crippen LogP contribution is -2.01. The zero-order valence-electron chi connectivity index (χ0n) is 6.00. The molecule has 1 heterocycles. The van der Waals surface area contributed by atoms with E-state index in [1.165, 1.54) is 12.3 Å². The minimum atomic E-state index is -0.289. The van der Waals surface area contributed by atoms with Gasteiger partial charge in [-0.25, -0.2) is 4.39 Å². The Kier molecular flexibility index (Phi) is 1.39. The van der Waals surface area contributed by atoms with Gasteiger partial charge in [-0.3, -0.25) is 4.98 Å². The van der Waals surface area contributed by atoms with Crippen molar-refractivity contribution in [1.82, 2.24) is 4.98 Å². The third kappa shape index (κ3) is 1.24. The Morgan fingerprint density at radius 1 is 1.55 bits per heavy atom. The van der Waals surface area contributed by atoms with Gasteiger partial charge in [-0.05, 0) is 18.6 Å². The van der Waals surface area contributed by atoms with Crippen LogP contribution in [-0.4, -0.2) is 11.0 Å². The Labute approximate surface area is 64.2 Å². The van der Waals surface area contributed by atoms with Crippen molar-refractivity contribution in [1.29, 1.82) is 0 Å². The molecule has 0 bridgehead atoms. The van der Waals surface area contributed by atoms with Gasteiger partial charge < -0.3 is 5.73 Å². The average molecular weight is 152 g/mol. The van der Waals surface area contributed by atoms with Gasteiger partial charge in [-0.2, -0.15) is 0 Å². The quantitative estimate of drug-likeness (QED) is 0.652. The molecule has 0 aromatic carbocycles. The Hall–Kier alpha value is -0.960. The van der Waals surface area contributed by atoms with Crippen LogP contribution in [-0.2, 0) is 0 Å². The molecular weight excluding hydrogens is 143 g/mol. The van der Waals surface area contributed by atoms with Gasteiger partial charge in [0.2, 0.25) is 0 Å². The van der Waals surface area contributed by atoms with Gasteiger partial charge in [0.25, 0.3) is 0 Å². The van der Waals surface area contributed by atoms with Crippen LogP contribution in [0.15, 0.2) is 18.3 Å². The van der Waals surface area contributed by atoms with E-state index >= 15 is 0 Å². The molecular formula is C8H9FN2. The van der Waals surface area contributed by atoms with E-state index in [1.807, 2.05) is 0 Å². The van der Waals surface area contributed by atoms with Crippen LogP contribution in [0.5, 0.6) is 0 Å². The smallest absolute Gasteiger partial charge is 0.141 e. The monoisotopic (exact) mass is 152 g/mol. The number of pyridine rings is 1. The summed E-state index contributed by atoms with van der Waals surface area (Å²) in [6.45, 7) is 0. The van der Waals surface area contributed by atoms with Gasteiger partial charge in [0.15, 0.2) is 0 Å². The molecule has 2 atom stereocenters. The summed E-state index contributed by atoms with van der Waals surface area (Å²) in [6, 6.07) is 3.37. The molecule has 0 saturated heterocycles. The molecule has 58 valence electrons. The zero-order chi connectivity index (χ0) is 7.84. The first-order valence-corrected chi connectivity index (χ1v) is 3.64. The van der Waals surface area contributed by atoms with Crippen LogP contribution in [0, 0.1) is 5.82 Å². The highest BCUT2D eigenvalue weighted by Crippen LogP contribution is 2.37. The van der Waals surface area contributed by atoms with Crippen molar-refractivity contribution in [2.75, 3.05) is 0 Å². The first-order valence-electron chi connectivity index (χ1n) is 3.64. The van der Waals surface area contributed by atoms with Crippen molar-refractivity contribution in [3.63, 3.8) is 0 Å². The summed E-state index contributed by atoms with van der Waals surface area (Å²) in [4.78, 5) is 3.94. The minimum Gasteiger partial charge on any atom is -0.327 e. The summed E-state index contributed by atoms with van der Waals surface area (Å²) in [5.41, 5.74) is 6.52. The average Bonchev–Trinajstić information content (AvgIpc) is 2.69. The third-order valence-corrected chi connectivity index (χ3v) is 1.97. The predicted molar refractivity (Wildman–Crippen MR) is 39.5 cm³/mol. The lowest BCUT2D eigenvalue weighted by Gasteiger charge is -1.95. The molecule has 2 N–H and O–H groups in total. The van der Waals surface area contributed by atoms with E-state index in [0.717, 1.165) is 12.1 Å². The first kappa shape index (κ1) is 6.73. The fourth-order valence-electron chi connectivity index (χ4n) is 1.16. The van der Waals surface area contributed by atoms with Gasteiger partial charge in [0, 0.05) is 17.7 Å². The fourth-order valence-corrected chi connectivity index (χ4v) is 1.16. The number of hydrogen-bond acceptors (Lipinski definition) is 2. The second-order valence-electron chi connectivity index (χ2n) is 2.91. The molecule has 1 fully saturated rings. The van der Waals surface area contributed by atoms with Gasteiger partial charge in [-0.1, -0.05) is 0 Å². The van der Waals surface area contributed by atoms with Crippen molar-refractivity contribution >= 4 is 0 Å². The van der Waals surface area contributed by atoms with Crippen LogP contribution in [0.3, 0.4) is 0 Å². The van der Waals surface area contributed by atoms with Gasteiger partial charge in [0.1, 0.15) is 5.82 Å². The van der Waals surface area contributed by atoms with E-state index in [-0.39, 0.29) is 11.9 Å². The summed E-state index contributed by atoms with van der Waals surface area (Å²) < 4.78 is 12.4. The molecule has 2 nitrogen and oxygen atoms in total. The van der Waals surface area contributed by atoms with Crippen molar-refractivity contribution in [3.05, 3.63) is 29.8 Å². The lowest BCUT2D eigenvalue weighted by molar-refractivity contribution is 0.619. The van der Waals surface area contributed by atoms with E-state index in [2.05, 4.69) is 4.98 Å². The third-order valence-electron chi connectivity index (χ3n) is 1.97. The molecule has 1 saturated carbocycles. The molecule has 0 radical (unpaired) electrons. The van der Waals surface area contributed by atoms with Crippen LogP contribution >= 0.6 is 0 Å². The summed E-state index contributed by atoms with van der Waals surface area (Å²) in [7, 11) is 0. The van der Waals surface area contributed by atoms with Crippen LogP contribution in [0.2, 0.25) is 0 Å². The van der Waals surface area contributed by atoms with Crippen molar-refractivity contribution in [2.24, 2.45) is 5.73 Å². The SMILES string of the molecule is NC1CC1c1ccc(F)cn1. The van der Waals surface area contributed by atoms with Crippen LogP contribution < -0.4 is 5.73 Å². The standard InChI is InChI=1S/C8H9FN2/c9-5-1-2-8(11-4-5)6-3-7(6)10/h1-2,4,6-7H,3,10H2. The highest BCUT2D eigenvalue weighted by molar-refractivity contribution is 5.20. The number of nitrogens with two attached hydrogens (primary N) is 1. The molecule has 0 spiro atoms. The van der Waals surface area contributed by atoms with Crippen LogP contribution in [0.25, 0.3) is 0 Å². The number of hydrogen-bond donors (Lipinski definition) is 1. The molecule has 11 heavy (non-hydrogen) atoms. The van der Waals surface area contributed by atoms with Gasteiger partial charge in [0.05, 0.1) is 6.20 Å². The predicted octanol–water partition coefficient (Wildman–Crippen LogP) is 1.04. The molecule has 2 rings (SSSR count). The van der Waals surface area contributed by atoms with Crippen molar-refractivity contribution in [2.45, 2.75) is 18.4 Å². The van der Waals surface area contributed by atoms with E-state index in [9.17, 15) is 4.39 Å². The normalized spacial score (nSPS) is 28.5. The topological polar surface area (TPSA) is 38.9 Å². The number of halogens is 1. The summed E-state index contributed by atoms with van der Waals surface area (Å²) in [5, 5.41) is 0. The maximum atomic E-state index is 12.4. The van der Waals surface area contributed by atoms with Crippen molar-refractivity contribution in [3.8, 4) is 0 Å². The first-order chi connectivity index (χ1) is 5.27. The second kappa shape index (κ2) is 2.27. The molecule has 1 aromatic heterocycles. The van der Waals surface area contributed by atoms with E-state index in [0.29, 0.717) is 5.92 Å². The molecule has 0 aliphatic heterocycles. The highest BCUT2D eigenvalue weighted by Gasteiger charge is 2.35. The highest BCUT2D eigenvalue weighted by atomic mass is 19.1. The number of nitrogens with zero attached hydrogens (tertiary/aromatic N) is 1. The maximum Gasteiger partial charge on any atom is 0.141 e. The summed E-state index contributed by atoms with van der Waals surface area (Å²) in [6.07, 6.45) is 2.22. The minimum absolute atomic E-state index is 0.243. The van der Waals surface area contributed by atoms with Crippen molar-refractivity contribution < 1.29 is 4.39 Å². The molecule has 1 aliphatic rings. The largest absolute Gasteiger partial charge is 0.327 e. The molecule has 2 unspecified atom stereocenters. The van der Waals surface area contributed by atoms with E-state index in [4.69, 9.17) is 5.73 Å². The molecule has 1 aliphatic carbocycles. The van der Waals surface area contributed by atoms with Crippen LogP contribution in [0.4, 0.5) is 4.39 Å². The van der Waals surface area contributed by atoms with Crippen LogP contribution in [0.1, 0.15) is 18.0 Å². The molecule has 1 aromatic rings. The fraction of sp³-hybridized carbons (Fsp3) is 0.375. The lowest BCUT2D eigenvalue weighted by atomic mass is 10.2. The Bertz CT molecular complexity index is 257. The Morgan fingerprint density at radius 2 is 2.27 bits per heavy atom. The number of aromatic nitrogens is 1. The van der Waals surface area contributed by atoms with E-state index in [1.54, 1.807) is 6.07 Å². The van der Waals surface area contributed by atoms with Gasteiger partial charge in [-0.15, -0.1) is 0 Å². The molecule has 0 amide bonds. The second-order valence-corrected chi connectivity index (χ2v) is 2.91. The zero-order valence-corrected chi connectivity index (χ0v) is 6.00. The van der Waals surface area contributed by atoms with Gasteiger partial charge >= 0.3 is 0 Å². The number of rotatable bonds is 1. The Morgan fingerprint density at radius 3 is 2.73 bits per heavy atom. The Balaban J connectivity index is 2.21. The molecule has 3 heteroatoms. The maximum absolute atomic E-state index is 12.4. The van der Waals surface area contributed by atoms with E-state index < -0.39 is 0 Å².